The average Bonchev–Trinajstić information content (AvgIpc) is 3.57. The number of piperidine rings is 1. The highest BCUT2D eigenvalue weighted by molar-refractivity contribution is 6.51. The lowest BCUT2D eigenvalue weighted by molar-refractivity contribution is -0.383. The van der Waals surface area contributed by atoms with Gasteiger partial charge >= 0.3 is 0 Å². The number of nitrogens with zero attached hydrogens (tertiary/aromatic N) is 3. The van der Waals surface area contributed by atoms with Gasteiger partial charge in [0.1, 0.15) is 0 Å². The van der Waals surface area contributed by atoms with Gasteiger partial charge in [0.15, 0.2) is 0 Å². The van der Waals surface area contributed by atoms with Gasteiger partial charge in [-0.05, 0) is 51.0 Å². The second kappa shape index (κ2) is 9.33. The number of carbonyl (C=O) groups is 2. The third-order valence-electron chi connectivity index (χ3n) is 7.46. The van der Waals surface area contributed by atoms with Crippen LogP contribution in [0.1, 0.15) is 36.8 Å². The van der Waals surface area contributed by atoms with Crippen molar-refractivity contribution in [3.63, 3.8) is 0 Å². The molecule has 2 aliphatic rings. The number of non-ortho nitro benzene ring substituents is 1. The molecule has 0 bridgehead atoms. The van der Waals surface area contributed by atoms with Gasteiger partial charge in [-0.1, -0.05) is 30.7 Å². The van der Waals surface area contributed by atoms with Crippen molar-refractivity contribution < 1.29 is 14.5 Å². The first-order chi connectivity index (χ1) is 18.0. The monoisotopic (exact) mass is 497 g/mol. The molecule has 1 fully saturated rings. The lowest BCUT2D eigenvalue weighted by Crippen LogP contribution is -2.31. The van der Waals surface area contributed by atoms with Crippen molar-refractivity contribution in [2.45, 2.75) is 32.2 Å². The summed E-state index contributed by atoms with van der Waals surface area (Å²) in [5.41, 5.74) is 2.84. The Morgan fingerprint density at radius 1 is 0.892 bits per heavy atom. The Kier molecular flexibility index (Phi) is 5.84. The average molecular weight is 498 g/mol. The topological polar surface area (TPSA) is 113 Å². The van der Waals surface area contributed by atoms with Crippen LogP contribution in [0.25, 0.3) is 33.0 Å². The number of rotatable bonds is 7. The number of amides is 2. The summed E-state index contributed by atoms with van der Waals surface area (Å²) in [4.78, 5) is 43.5. The fourth-order valence-electron chi connectivity index (χ4n) is 5.76. The fourth-order valence-corrected chi connectivity index (χ4v) is 5.76. The van der Waals surface area contributed by atoms with Crippen molar-refractivity contribution in [3.8, 4) is 0 Å². The molecule has 37 heavy (non-hydrogen) atoms. The van der Waals surface area contributed by atoms with Crippen molar-refractivity contribution in [2.24, 2.45) is 0 Å². The number of para-hydroxylation sites is 1. The van der Waals surface area contributed by atoms with E-state index in [0.717, 1.165) is 37.0 Å². The smallest absolute Gasteiger partial charge is 0.279 e. The Morgan fingerprint density at radius 2 is 1.65 bits per heavy atom. The van der Waals surface area contributed by atoms with Gasteiger partial charge in [0.25, 0.3) is 17.5 Å². The van der Waals surface area contributed by atoms with Crippen LogP contribution in [0.15, 0.2) is 54.9 Å². The molecule has 0 spiro atoms. The zero-order chi connectivity index (χ0) is 25.5. The number of hydrogen-bond donors (Lipinski definition) is 2. The molecule has 0 saturated carbocycles. The first-order valence-corrected chi connectivity index (χ1v) is 12.7. The number of imide groups is 1. The SMILES string of the molecule is O=C1NC(=O)C(c2cn(CCCN3CCCCC3)c3cccc([N+](=O)[O-])c23)=C1c1c[nH]c2ccccc12. The number of nitrogens with one attached hydrogen (secondary N) is 2. The molecule has 2 aromatic heterocycles. The van der Waals surface area contributed by atoms with Gasteiger partial charge in [-0.3, -0.25) is 25.0 Å². The van der Waals surface area contributed by atoms with Crippen LogP contribution < -0.4 is 5.32 Å². The van der Waals surface area contributed by atoms with E-state index in [1.54, 1.807) is 18.5 Å². The van der Waals surface area contributed by atoms with Crippen molar-refractivity contribution in [2.75, 3.05) is 19.6 Å². The summed E-state index contributed by atoms with van der Waals surface area (Å²) >= 11 is 0. The number of carbonyl (C=O) groups excluding carboxylic acids is 2. The predicted octanol–water partition coefficient (Wildman–Crippen LogP) is 4.47. The van der Waals surface area contributed by atoms with E-state index in [4.69, 9.17) is 0 Å². The van der Waals surface area contributed by atoms with Crippen LogP contribution in [0.2, 0.25) is 0 Å². The van der Waals surface area contributed by atoms with Gasteiger partial charge in [-0.25, -0.2) is 0 Å². The Bertz CT molecular complexity index is 1590. The van der Waals surface area contributed by atoms with Gasteiger partial charge in [0.2, 0.25) is 0 Å². The molecule has 4 aromatic rings. The molecule has 0 radical (unpaired) electrons. The van der Waals surface area contributed by atoms with Crippen LogP contribution in [0.5, 0.6) is 0 Å². The third kappa shape index (κ3) is 4.01. The standard InChI is InChI=1S/C28H27N5O4/c34-27-25(19-16-29-21-9-3-2-8-18(19)21)26(28(35)30-27)20-17-32(15-7-14-31-12-4-1-5-13-31)22-10-6-11-23(24(20)22)33(36)37/h2-3,6,8-11,16-17,29H,1,4-5,7,12-15H2,(H,30,34,35). The van der Waals surface area contributed by atoms with Gasteiger partial charge in [-0.15, -0.1) is 0 Å². The summed E-state index contributed by atoms with van der Waals surface area (Å²) in [5.74, 6) is -1.05. The first-order valence-electron chi connectivity index (χ1n) is 12.7. The second-order valence-electron chi connectivity index (χ2n) is 9.70. The van der Waals surface area contributed by atoms with E-state index in [1.807, 2.05) is 34.9 Å². The molecule has 2 N–H and O–H groups in total. The number of hydrogen-bond acceptors (Lipinski definition) is 5. The highest BCUT2D eigenvalue weighted by Crippen LogP contribution is 2.41. The third-order valence-corrected chi connectivity index (χ3v) is 7.46. The maximum Gasteiger partial charge on any atom is 0.279 e. The van der Waals surface area contributed by atoms with Crippen molar-refractivity contribution in [1.29, 1.82) is 0 Å². The quantitative estimate of drug-likeness (QED) is 0.222. The lowest BCUT2D eigenvalue weighted by atomic mass is 9.95. The fraction of sp³-hybridized carbons (Fsp3) is 0.286. The number of H-pyrrole nitrogens is 1. The zero-order valence-corrected chi connectivity index (χ0v) is 20.3. The van der Waals surface area contributed by atoms with E-state index >= 15 is 0 Å². The minimum absolute atomic E-state index is 0.0831. The Morgan fingerprint density at radius 3 is 2.43 bits per heavy atom. The van der Waals surface area contributed by atoms with Crippen LogP contribution in [-0.4, -0.2) is 50.8 Å². The minimum Gasteiger partial charge on any atom is -0.361 e. The number of aromatic nitrogens is 2. The number of fused-ring (bicyclic) bond motifs is 2. The summed E-state index contributed by atoms with van der Waals surface area (Å²) in [6, 6.07) is 12.5. The molecule has 6 rings (SSSR count). The van der Waals surface area contributed by atoms with E-state index in [9.17, 15) is 19.7 Å². The Hall–Kier alpha value is -4.24. The van der Waals surface area contributed by atoms with E-state index in [0.29, 0.717) is 28.6 Å². The Balaban J connectivity index is 1.49. The van der Waals surface area contributed by atoms with Gasteiger partial charge < -0.3 is 14.5 Å². The molecule has 1 saturated heterocycles. The van der Waals surface area contributed by atoms with Crippen molar-refractivity contribution >= 4 is 50.5 Å². The highest BCUT2D eigenvalue weighted by atomic mass is 16.6. The number of nitro groups is 1. The van der Waals surface area contributed by atoms with Crippen LogP contribution in [0, 0.1) is 10.1 Å². The van der Waals surface area contributed by atoms with Crippen LogP contribution in [0.4, 0.5) is 5.69 Å². The molecule has 2 aliphatic heterocycles. The highest BCUT2D eigenvalue weighted by Gasteiger charge is 2.36. The van der Waals surface area contributed by atoms with Crippen LogP contribution in [0.3, 0.4) is 0 Å². The molecule has 9 heteroatoms. The molecule has 0 aliphatic carbocycles. The number of benzene rings is 2. The second-order valence-corrected chi connectivity index (χ2v) is 9.70. The van der Waals surface area contributed by atoms with Crippen molar-refractivity contribution in [3.05, 3.63) is 76.1 Å². The zero-order valence-electron chi connectivity index (χ0n) is 20.3. The molecular weight excluding hydrogens is 470 g/mol. The summed E-state index contributed by atoms with van der Waals surface area (Å²) < 4.78 is 1.98. The van der Waals surface area contributed by atoms with Gasteiger partial charge in [-0.2, -0.15) is 0 Å². The van der Waals surface area contributed by atoms with E-state index in [-0.39, 0.29) is 16.8 Å². The number of aryl methyl sites for hydroxylation is 1. The molecule has 2 aromatic carbocycles. The summed E-state index contributed by atoms with van der Waals surface area (Å²) in [7, 11) is 0. The molecule has 9 nitrogen and oxygen atoms in total. The maximum absolute atomic E-state index is 13.2. The summed E-state index contributed by atoms with van der Waals surface area (Å²) in [6.45, 7) is 3.81. The maximum atomic E-state index is 13.2. The van der Waals surface area contributed by atoms with Gasteiger partial charge in [0.05, 0.1) is 27.0 Å². The molecule has 4 heterocycles. The number of aromatic amines is 1. The van der Waals surface area contributed by atoms with E-state index < -0.39 is 16.7 Å². The molecule has 2 amide bonds. The Labute approximate surface area is 212 Å². The minimum atomic E-state index is -0.546. The normalized spacial score (nSPS) is 16.8. The number of nitro benzene ring substituents is 1. The van der Waals surface area contributed by atoms with Crippen LogP contribution in [-0.2, 0) is 16.1 Å². The van der Waals surface area contributed by atoms with Crippen molar-refractivity contribution in [1.82, 2.24) is 19.8 Å². The predicted molar refractivity (Wildman–Crippen MR) is 142 cm³/mol. The largest absolute Gasteiger partial charge is 0.361 e. The van der Waals surface area contributed by atoms with E-state index in [1.165, 1.54) is 25.3 Å². The lowest BCUT2D eigenvalue weighted by Gasteiger charge is -2.26. The van der Waals surface area contributed by atoms with Crippen LogP contribution >= 0.6 is 0 Å². The summed E-state index contributed by atoms with van der Waals surface area (Å²) in [6.07, 6.45) is 8.11. The molecular formula is C28H27N5O4. The number of likely N-dealkylation sites (tertiary alicyclic amines) is 1. The molecule has 188 valence electrons. The van der Waals surface area contributed by atoms with Gasteiger partial charge in [0, 0.05) is 47.0 Å². The molecule has 0 atom stereocenters. The molecule has 0 unspecified atom stereocenters. The summed E-state index contributed by atoms with van der Waals surface area (Å²) in [5, 5.41) is 15.7. The first kappa shape index (κ1) is 23.2. The van der Waals surface area contributed by atoms with E-state index in [2.05, 4.69) is 15.2 Å².